The molecule has 9 heteroatoms. The molecule has 1 aliphatic carbocycles. The van der Waals surface area contributed by atoms with Gasteiger partial charge in [0.05, 0.1) is 5.41 Å². The minimum Gasteiger partial charge on any atom is -0.348 e. The molecule has 4 rings (SSSR count). The number of carbonyl (C=O) groups is 2. The SMILES string of the molecule is Cc1noc([C@]23C[C@H](NC(=O)c4cc(C)n(C)n4)C[C@H]2CN(C(=O)C(C)C)C3)n1. The first kappa shape index (κ1) is 19.6. The van der Waals surface area contributed by atoms with E-state index in [1.165, 1.54) is 0 Å². The van der Waals surface area contributed by atoms with Crippen LogP contribution in [0.1, 0.15) is 54.6 Å². The number of nitrogens with zero attached hydrogens (tertiary/aromatic N) is 5. The van der Waals surface area contributed by atoms with E-state index in [2.05, 4.69) is 20.6 Å². The zero-order valence-electron chi connectivity index (χ0n) is 17.6. The van der Waals surface area contributed by atoms with Crippen LogP contribution < -0.4 is 5.32 Å². The van der Waals surface area contributed by atoms with Crippen LogP contribution in [0.3, 0.4) is 0 Å². The Labute approximate surface area is 169 Å². The van der Waals surface area contributed by atoms with Crippen molar-refractivity contribution < 1.29 is 14.1 Å². The largest absolute Gasteiger partial charge is 0.348 e. The monoisotopic (exact) mass is 400 g/mol. The number of fused-ring (bicyclic) bond motifs is 1. The third-order valence-electron chi connectivity index (χ3n) is 6.32. The van der Waals surface area contributed by atoms with Gasteiger partial charge < -0.3 is 14.7 Å². The molecular formula is C20H28N6O3. The van der Waals surface area contributed by atoms with Gasteiger partial charge in [0, 0.05) is 37.8 Å². The highest BCUT2D eigenvalue weighted by Crippen LogP contribution is 2.50. The summed E-state index contributed by atoms with van der Waals surface area (Å²) in [4.78, 5) is 31.7. The molecule has 29 heavy (non-hydrogen) atoms. The van der Waals surface area contributed by atoms with Gasteiger partial charge in [-0.05, 0) is 38.7 Å². The summed E-state index contributed by atoms with van der Waals surface area (Å²) in [5.41, 5.74) is 0.935. The van der Waals surface area contributed by atoms with Crippen LogP contribution in [0.2, 0.25) is 0 Å². The predicted molar refractivity (Wildman–Crippen MR) is 104 cm³/mol. The standard InChI is InChI=1S/C20H28N6O3/c1-11(2)18(28)26-9-14-7-15(22-17(27)16-6-12(3)25(5)23-16)8-20(14,10-26)19-21-13(4)24-29-19/h6,11,14-15H,7-10H2,1-5H3,(H,22,27)/t14-,15+,20-/m0/s1. The molecule has 3 heterocycles. The lowest BCUT2D eigenvalue weighted by atomic mass is 9.80. The molecule has 2 aliphatic rings. The average molecular weight is 400 g/mol. The number of rotatable bonds is 4. The molecule has 0 radical (unpaired) electrons. The number of amides is 2. The second-order valence-electron chi connectivity index (χ2n) is 8.78. The van der Waals surface area contributed by atoms with E-state index in [0.717, 1.165) is 12.1 Å². The lowest BCUT2D eigenvalue weighted by Gasteiger charge is -2.26. The summed E-state index contributed by atoms with van der Waals surface area (Å²) in [6, 6.07) is 1.75. The fraction of sp³-hybridized carbons (Fsp3) is 0.650. The molecule has 2 fully saturated rings. The third kappa shape index (κ3) is 3.32. The molecule has 1 aliphatic heterocycles. The van der Waals surface area contributed by atoms with Crippen molar-refractivity contribution in [3.8, 4) is 0 Å². The molecule has 2 aromatic rings. The number of likely N-dealkylation sites (tertiary alicyclic amines) is 1. The molecule has 1 saturated heterocycles. The predicted octanol–water partition coefficient (Wildman–Crippen LogP) is 1.36. The summed E-state index contributed by atoms with van der Waals surface area (Å²) < 4.78 is 7.26. The Morgan fingerprint density at radius 3 is 2.69 bits per heavy atom. The summed E-state index contributed by atoms with van der Waals surface area (Å²) >= 11 is 0. The van der Waals surface area contributed by atoms with Crippen LogP contribution >= 0.6 is 0 Å². The summed E-state index contributed by atoms with van der Waals surface area (Å²) in [5, 5.41) is 11.4. The molecule has 9 nitrogen and oxygen atoms in total. The minimum absolute atomic E-state index is 0.0293. The summed E-state index contributed by atoms with van der Waals surface area (Å²) in [6.07, 6.45) is 1.43. The van der Waals surface area contributed by atoms with Gasteiger partial charge in [-0.15, -0.1) is 0 Å². The van der Waals surface area contributed by atoms with Crippen molar-refractivity contribution in [2.75, 3.05) is 13.1 Å². The fourth-order valence-electron chi connectivity index (χ4n) is 4.78. The molecular weight excluding hydrogens is 372 g/mol. The molecule has 2 aromatic heterocycles. The van der Waals surface area contributed by atoms with E-state index < -0.39 is 5.41 Å². The number of carbonyl (C=O) groups excluding carboxylic acids is 2. The van der Waals surface area contributed by atoms with Crippen LogP contribution in [-0.2, 0) is 17.3 Å². The van der Waals surface area contributed by atoms with Crippen molar-refractivity contribution in [2.45, 2.75) is 52.0 Å². The van der Waals surface area contributed by atoms with Crippen molar-refractivity contribution in [1.29, 1.82) is 0 Å². The number of aryl methyl sites for hydroxylation is 3. The van der Waals surface area contributed by atoms with E-state index in [-0.39, 0.29) is 29.7 Å². The highest BCUT2D eigenvalue weighted by molar-refractivity contribution is 5.92. The molecule has 156 valence electrons. The van der Waals surface area contributed by atoms with E-state index in [1.54, 1.807) is 17.7 Å². The normalized spacial score (nSPS) is 26.2. The fourth-order valence-corrected chi connectivity index (χ4v) is 4.78. The van der Waals surface area contributed by atoms with E-state index in [9.17, 15) is 9.59 Å². The van der Waals surface area contributed by atoms with Gasteiger partial charge in [0.1, 0.15) is 5.69 Å². The lowest BCUT2D eigenvalue weighted by Crippen LogP contribution is -2.40. The molecule has 2 amide bonds. The number of nitrogens with one attached hydrogen (secondary N) is 1. The summed E-state index contributed by atoms with van der Waals surface area (Å²) in [5.74, 6) is 1.23. The number of hydrogen-bond donors (Lipinski definition) is 1. The molecule has 0 spiro atoms. The van der Waals surface area contributed by atoms with Gasteiger partial charge >= 0.3 is 0 Å². The van der Waals surface area contributed by atoms with Crippen LogP contribution in [0.4, 0.5) is 0 Å². The first-order valence-electron chi connectivity index (χ1n) is 10.1. The van der Waals surface area contributed by atoms with Gasteiger partial charge in [0.2, 0.25) is 11.8 Å². The molecule has 1 saturated carbocycles. The van der Waals surface area contributed by atoms with Gasteiger partial charge in [-0.25, -0.2) is 0 Å². The second kappa shape index (κ2) is 6.96. The maximum absolute atomic E-state index is 12.7. The van der Waals surface area contributed by atoms with Crippen molar-refractivity contribution in [2.24, 2.45) is 18.9 Å². The van der Waals surface area contributed by atoms with Crippen LogP contribution in [0, 0.1) is 25.7 Å². The summed E-state index contributed by atoms with van der Waals surface area (Å²) in [6.45, 7) is 8.73. The van der Waals surface area contributed by atoms with Gasteiger partial charge in [-0.3, -0.25) is 14.3 Å². The Kier molecular flexibility index (Phi) is 4.71. The topological polar surface area (TPSA) is 106 Å². The van der Waals surface area contributed by atoms with Crippen LogP contribution in [0.5, 0.6) is 0 Å². The van der Waals surface area contributed by atoms with Crippen molar-refractivity contribution >= 4 is 11.8 Å². The van der Waals surface area contributed by atoms with Crippen molar-refractivity contribution in [3.63, 3.8) is 0 Å². The highest BCUT2D eigenvalue weighted by atomic mass is 16.5. The maximum Gasteiger partial charge on any atom is 0.272 e. The van der Waals surface area contributed by atoms with Gasteiger partial charge in [-0.1, -0.05) is 19.0 Å². The van der Waals surface area contributed by atoms with Gasteiger partial charge in [0.25, 0.3) is 5.91 Å². The van der Waals surface area contributed by atoms with E-state index in [4.69, 9.17) is 4.52 Å². The van der Waals surface area contributed by atoms with Gasteiger partial charge in [-0.2, -0.15) is 10.1 Å². The number of aromatic nitrogens is 4. The summed E-state index contributed by atoms with van der Waals surface area (Å²) in [7, 11) is 1.82. The van der Waals surface area contributed by atoms with Crippen molar-refractivity contribution in [1.82, 2.24) is 30.1 Å². The first-order chi connectivity index (χ1) is 13.7. The lowest BCUT2D eigenvalue weighted by molar-refractivity contribution is -0.133. The van der Waals surface area contributed by atoms with Crippen LogP contribution in [-0.4, -0.2) is 55.8 Å². The highest BCUT2D eigenvalue weighted by Gasteiger charge is 2.58. The quantitative estimate of drug-likeness (QED) is 0.831. The third-order valence-corrected chi connectivity index (χ3v) is 6.32. The Morgan fingerprint density at radius 1 is 1.34 bits per heavy atom. The Morgan fingerprint density at radius 2 is 2.10 bits per heavy atom. The molecule has 3 atom stereocenters. The van der Waals surface area contributed by atoms with E-state index >= 15 is 0 Å². The van der Waals surface area contributed by atoms with Gasteiger partial charge in [0.15, 0.2) is 5.82 Å². The number of hydrogen-bond acceptors (Lipinski definition) is 6. The van der Waals surface area contributed by atoms with E-state index in [1.807, 2.05) is 32.7 Å². The first-order valence-corrected chi connectivity index (χ1v) is 10.1. The molecule has 0 unspecified atom stereocenters. The molecule has 0 aromatic carbocycles. The smallest absolute Gasteiger partial charge is 0.272 e. The zero-order valence-corrected chi connectivity index (χ0v) is 17.6. The van der Waals surface area contributed by atoms with Crippen molar-refractivity contribution in [3.05, 3.63) is 29.2 Å². The van der Waals surface area contributed by atoms with Crippen LogP contribution in [0.25, 0.3) is 0 Å². The average Bonchev–Trinajstić information content (AvgIpc) is 3.38. The maximum atomic E-state index is 12.7. The Balaban J connectivity index is 1.55. The van der Waals surface area contributed by atoms with E-state index in [0.29, 0.717) is 36.9 Å². The zero-order chi connectivity index (χ0) is 20.9. The minimum atomic E-state index is -0.413. The molecule has 0 bridgehead atoms. The molecule has 1 N–H and O–H groups in total. The Bertz CT molecular complexity index is 928. The second-order valence-corrected chi connectivity index (χ2v) is 8.78. The Hall–Kier alpha value is -2.71. The van der Waals surface area contributed by atoms with Crippen LogP contribution in [0.15, 0.2) is 10.6 Å².